The van der Waals surface area contributed by atoms with Crippen LogP contribution in [0.1, 0.15) is 21.9 Å². The molecular formula is C21H22N6O2. The van der Waals surface area contributed by atoms with Crippen molar-refractivity contribution in [1.29, 1.82) is 0 Å². The number of benzene rings is 1. The molecule has 3 aromatic heterocycles. The second-order valence-electron chi connectivity index (χ2n) is 7.01. The van der Waals surface area contributed by atoms with Gasteiger partial charge in [0.25, 0.3) is 5.91 Å². The molecule has 29 heavy (non-hydrogen) atoms. The predicted molar refractivity (Wildman–Crippen MR) is 110 cm³/mol. The molecule has 4 rings (SSSR count). The zero-order valence-electron chi connectivity index (χ0n) is 17.0. The first kappa shape index (κ1) is 18.7. The number of amides is 1. The van der Waals surface area contributed by atoms with Crippen LogP contribution < -0.4 is 4.74 Å². The fourth-order valence-corrected chi connectivity index (χ4v) is 3.39. The Morgan fingerprint density at radius 3 is 2.62 bits per heavy atom. The molecule has 0 aliphatic heterocycles. The Morgan fingerprint density at radius 1 is 1.17 bits per heavy atom. The van der Waals surface area contributed by atoms with Gasteiger partial charge in [0.1, 0.15) is 11.4 Å². The Morgan fingerprint density at radius 2 is 1.97 bits per heavy atom. The van der Waals surface area contributed by atoms with Crippen LogP contribution >= 0.6 is 0 Å². The highest BCUT2D eigenvalue weighted by Crippen LogP contribution is 2.36. The van der Waals surface area contributed by atoms with E-state index in [0.717, 1.165) is 28.2 Å². The summed E-state index contributed by atoms with van der Waals surface area (Å²) in [5, 5.41) is 8.89. The van der Waals surface area contributed by atoms with Gasteiger partial charge in [0.05, 0.1) is 24.1 Å². The van der Waals surface area contributed by atoms with E-state index >= 15 is 0 Å². The number of carbonyl (C=O) groups excluding carboxylic acids is 1. The average molecular weight is 390 g/mol. The van der Waals surface area contributed by atoms with E-state index in [2.05, 4.69) is 15.2 Å². The average Bonchev–Trinajstić information content (AvgIpc) is 3.34. The fraction of sp³-hybridized carbons (Fsp3) is 0.238. The van der Waals surface area contributed by atoms with Gasteiger partial charge in [0, 0.05) is 43.8 Å². The van der Waals surface area contributed by atoms with Crippen LogP contribution in [0.15, 0.2) is 42.7 Å². The highest BCUT2D eigenvalue weighted by atomic mass is 16.5. The van der Waals surface area contributed by atoms with E-state index in [-0.39, 0.29) is 5.91 Å². The summed E-state index contributed by atoms with van der Waals surface area (Å²) in [7, 11) is 5.07. The Balaban J connectivity index is 1.95. The van der Waals surface area contributed by atoms with Crippen molar-refractivity contribution in [3.8, 4) is 22.6 Å². The quantitative estimate of drug-likeness (QED) is 0.535. The lowest BCUT2D eigenvalue weighted by Crippen LogP contribution is -2.24. The molecule has 0 bridgehead atoms. The molecular weight excluding hydrogens is 368 g/mol. The lowest BCUT2D eigenvalue weighted by molar-refractivity contribution is 0.0819. The van der Waals surface area contributed by atoms with E-state index in [1.54, 1.807) is 42.7 Å². The maximum absolute atomic E-state index is 12.7. The standard InChI is InChI=1S/C21H22N6O2/c1-13-11-17(21(28)25(3)4)27-20(23-13)19(14(2)24-27)16-8-7-15(12-18(16)29-5)26-10-6-9-22-26/h6-12H,1-5H3. The van der Waals surface area contributed by atoms with Crippen molar-refractivity contribution in [2.45, 2.75) is 13.8 Å². The molecule has 0 aliphatic carbocycles. The van der Waals surface area contributed by atoms with Gasteiger partial charge in [0.2, 0.25) is 0 Å². The first-order valence-corrected chi connectivity index (χ1v) is 9.17. The van der Waals surface area contributed by atoms with Crippen molar-refractivity contribution >= 4 is 11.6 Å². The lowest BCUT2D eigenvalue weighted by Gasteiger charge is -2.13. The Labute approximate surface area is 168 Å². The summed E-state index contributed by atoms with van der Waals surface area (Å²) >= 11 is 0. The van der Waals surface area contributed by atoms with Gasteiger partial charge in [-0.15, -0.1) is 0 Å². The number of aryl methyl sites for hydroxylation is 2. The zero-order chi connectivity index (χ0) is 20.7. The van der Waals surface area contributed by atoms with Crippen LogP contribution in [-0.4, -0.2) is 56.4 Å². The number of rotatable bonds is 4. The molecule has 148 valence electrons. The Bertz CT molecular complexity index is 1210. The van der Waals surface area contributed by atoms with Crippen LogP contribution in [0.3, 0.4) is 0 Å². The SMILES string of the molecule is COc1cc(-n2cccn2)ccc1-c1c(C)nn2c(C(=O)N(C)C)cc(C)nc12. The summed E-state index contributed by atoms with van der Waals surface area (Å²) in [6.45, 7) is 3.78. The number of methoxy groups -OCH3 is 1. The first-order chi connectivity index (χ1) is 13.9. The molecule has 8 nitrogen and oxygen atoms in total. The van der Waals surface area contributed by atoms with Crippen LogP contribution in [0.25, 0.3) is 22.5 Å². The third-order valence-corrected chi connectivity index (χ3v) is 4.74. The van der Waals surface area contributed by atoms with E-state index < -0.39 is 0 Å². The van der Waals surface area contributed by atoms with Gasteiger partial charge >= 0.3 is 0 Å². The molecule has 0 saturated heterocycles. The van der Waals surface area contributed by atoms with Gasteiger partial charge in [-0.05, 0) is 38.1 Å². The lowest BCUT2D eigenvalue weighted by atomic mass is 10.0. The monoisotopic (exact) mass is 390 g/mol. The van der Waals surface area contributed by atoms with E-state index in [9.17, 15) is 4.79 Å². The van der Waals surface area contributed by atoms with E-state index in [1.807, 2.05) is 44.3 Å². The molecule has 1 amide bonds. The third-order valence-electron chi connectivity index (χ3n) is 4.74. The normalized spacial score (nSPS) is 11.1. The molecule has 1 aromatic carbocycles. The van der Waals surface area contributed by atoms with Crippen LogP contribution in [0, 0.1) is 13.8 Å². The van der Waals surface area contributed by atoms with Gasteiger partial charge in [-0.25, -0.2) is 14.2 Å². The Hall–Kier alpha value is -3.68. The molecule has 0 saturated carbocycles. The minimum absolute atomic E-state index is 0.129. The molecule has 0 unspecified atom stereocenters. The van der Waals surface area contributed by atoms with Gasteiger partial charge in [-0.1, -0.05) is 0 Å². The topological polar surface area (TPSA) is 77.5 Å². The van der Waals surface area contributed by atoms with Crippen LogP contribution in [0.4, 0.5) is 0 Å². The highest BCUT2D eigenvalue weighted by Gasteiger charge is 2.22. The smallest absolute Gasteiger partial charge is 0.272 e. The summed E-state index contributed by atoms with van der Waals surface area (Å²) in [5.41, 5.74) is 5.19. The van der Waals surface area contributed by atoms with E-state index in [4.69, 9.17) is 4.74 Å². The van der Waals surface area contributed by atoms with Crippen LogP contribution in [0.2, 0.25) is 0 Å². The highest BCUT2D eigenvalue weighted by molar-refractivity contribution is 5.94. The largest absolute Gasteiger partial charge is 0.496 e. The molecule has 4 aromatic rings. The van der Waals surface area contributed by atoms with Gasteiger partial charge in [-0.3, -0.25) is 4.79 Å². The molecule has 0 N–H and O–H groups in total. The van der Waals surface area contributed by atoms with Gasteiger partial charge in [0.15, 0.2) is 5.65 Å². The molecule has 0 spiro atoms. The molecule has 3 heterocycles. The number of hydrogen-bond acceptors (Lipinski definition) is 5. The number of ether oxygens (including phenoxy) is 1. The summed E-state index contributed by atoms with van der Waals surface area (Å²) < 4.78 is 9.06. The number of hydrogen-bond donors (Lipinski definition) is 0. The van der Waals surface area contributed by atoms with Crippen molar-refractivity contribution < 1.29 is 9.53 Å². The first-order valence-electron chi connectivity index (χ1n) is 9.17. The molecule has 0 atom stereocenters. The maximum Gasteiger partial charge on any atom is 0.272 e. The second-order valence-corrected chi connectivity index (χ2v) is 7.01. The van der Waals surface area contributed by atoms with E-state index in [0.29, 0.717) is 17.1 Å². The predicted octanol–water partition coefficient (Wildman–Crippen LogP) is 2.91. The fourth-order valence-electron chi connectivity index (χ4n) is 3.39. The van der Waals surface area contributed by atoms with Gasteiger partial charge < -0.3 is 9.64 Å². The van der Waals surface area contributed by atoms with Crippen molar-refractivity contribution in [2.75, 3.05) is 21.2 Å². The second kappa shape index (κ2) is 7.05. The molecule has 0 radical (unpaired) electrons. The minimum atomic E-state index is -0.129. The number of aromatic nitrogens is 5. The number of fused-ring (bicyclic) bond motifs is 1. The molecule has 0 fully saturated rings. The third kappa shape index (κ3) is 3.12. The van der Waals surface area contributed by atoms with Crippen LogP contribution in [-0.2, 0) is 0 Å². The Kier molecular flexibility index (Phi) is 4.54. The summed E-state index contributed by atoms with van der Waals surface area (Å²) in [5.74, 6) is 0.551. The zero-order valence-corrected chi connectivity index (χ0v) is 17.0. The van der Waals surface area contributed by atoms with Crippen molar-refractivity contribution in [3.63, 3.8) is 0 Å². The number of nitrogens with zero attached hydrogens (tertiary/aromatic N) is 6. The summed E-state index contributed by atoms with van der Waals surface area (Å²) in [6.07, 6.45) is 3.60. The van der Waals surface area contributed by atoms with Gasteiger partial charge in [-0.2, -0.15) is 10.2 Å². The maximum atomic E-state index is 12.7. The van der Waals surface area contributed by atoms with Crippen molar-refractivity contribution in [1.82, 2.24) is 29.3 Å². The minimum Gasteiger partial charge on any atom is -0.496 e. The summed E-state index contributed by atoms with van der Waals surface area (Å²) in [6, 6.07) is 9.48. The number of carbonyl (C=O) groups is 1. The van der Waals surface area contributed by atoms with Crippen LogP contribution in [0.5, 0.6) is 5.75 Å². The molecule has 8 heteroatoms. The molecule has 0 aliphatic rings. The van der Waals surface area contributed by atoms with E-state index in [1.165, 1.54) is 4.90 Å². The van der Waals surface area contributed by atoms with Crippen molar-refractivity contribution in [3.05, 3.63) is 59.8 Å². The van der Waals surface area contributed by atoms with Crippen molar-refractivity contribution in [2.24, 2.45) is 0 Å². The summed E-state index contributed by atoms with van der Waals surface area (Å²) in [4.78, 5) is 18.9.